The maximum Gasteiger partial charge on any atom is 0.238 e. The lowest BCUT2D eigenvalue weighted by Gasteiger charge is -2.45. The van der Waals surface area contributed by atoms with Crippen molar-refractivity contribution < 1.29 is 13.2 Å². The van der Waals surface area contributed by atoms with E-state index >= 15 is 0 Å². The molecule has 0 saturated carbocycles. The first-order valence-corrected chi connectivity index (χ1v) is 9.93. The highest BCUT2D eigenvalue weighted by Crippen LogP contribution is 2.31. The van der Waals surface area contributed by atoms with Crippen LogP contribution in [0.1, 0.15) is 33.6 Å². The van der Waals surface area contributed by atoms with Crippen LogP contribution in [0.5, 0.6) is 0 Å². The van der Waals surface area contributed by atoms with E-state index in [-0.39, 0.29) is 5.91 Å². The van der Waals surface area contributed by atoms with Gasteiger partial charge in [-0.05, 0) is 43.2 Å². The van der Waals surface area contributed by atoms with Gasteiger partial charge in [0.15, 0.2) is 0 Å². The largest absolute Gasteiger partial charge is 0.354 e. The van der Waals surface area contributed by atoms with Crippen molar-refractivity contribution in [2.45, 2.75) is 39.7 Å². The van der Waals surface area contributed by atoms with Crippen molar-refractivity contribution in [3.8, 4) is 0 Å². The molecule has 22 heavy (non-hydrogen) atoms. The highest BCUT2D eigenvalue weighted by Gasteiger charge is 2.36. The summed E-state index contributed by atoms with van der Waals surface area (Å²) < 4.78 is 25.5. The Morgan fingerprint density at radius 2 is 1.86 bits per heavy atom. The van der Waals surface area contributed by atoms with Gasteiger partial charge in [-0.1, -0.05) is 20.8 Å². The highest BCUT2D eigenvalue weighted by molar-refractivity contribution is 7.88. The van der Waals surface area contributed by atoms with Crippen LogP contribution in [0.4, 0.5) is 0 Å². The molecule has 1 amide bonds. The molecule has 2 atom stereocenters. The Labute approximate surface area is 134 Å². The Hall–Kier alpha value is -0.660. The first kappa shape index (κ1) is 17.7. The molecule has 3 fully saturated rings. The molecular weight excluding hydrogens is 302 g/mol. The fourth-order valence-electron chi connectivity index (χ4n) is 3.49. The molecule has 7 heteroatoms. The minimum Gasteiger partial charge on any atom is -0.354 e. The van der Waals surface area contributed by atoms with Gasteiger partial charge in [0.1, 0.15) is 6.04 Å². The molecule has 0 spiro atoms. The van der Waals surface area contributed by atoms with Gasteiger partial charge in [0.25, 0.3) is 0 Å². The Morgan fingerprint density at radius 3 is 2.27 bits per heavy atom. The Bertz CT molecular complexity index is 505. The average Bonchev–Trinajstić information content (AvgIpc) is 2.41. The summed E-state index contributed by atoms with van der Waals surface area (Å²) in [6.45, 7) is 9.63. The second-order valence-corrected chi connectivity index (χ2v) is 9.61. The SMILES string of the molecule is CC(C)(C)C(NS(C)(=O)=O)C(=O)NCC1CN2CCC1CC2. The number of carbonyl (C=O) groups is 1. The van der Waals surface area contributed by atoms with Crippen LogP contribution in [0.2, 0.25) is 0 Å². The van der Waals surface area contributed by atoms with Gasteiger partial charge < -0.3 is 10.2 Å². The smallest absolute Gasteiger partial charge is 0.238 e. The van der Waals surface area contributed by atoms with Crippen LogP contribution in [0.3, 0.4) is 0 Å². The molecule has 0 aromatic rings. The summed E-state index contributed by atoms with van der Waals surface area (Å²) in [5.74, 6) is 0.959. The number of hydrogen-bond acceptors (Lipinski definition) is 4. The summed E-state index contributed by atoms with van der Waals surface area (Å²) in [5.41, 5.74) is -0.470. The minimum absolute atomic E-state index is 0.227. The molecule has 3 heterocycles. The number of fused-ring (bicyclic) bond motifs is 3. The Morgan fingerprint density at radius 1 is 1.27 bits per heavy atom. The first-order valence-electron chi connectivity index (χ1n) is 8.03. The topological polar surface area (TPSA) is 78.5 Å². The highest BCUT2D eigenvalue weighted by atomic mass is 32.2. The van der Waals surface area contributed by atoms with Crippen LogP contribution < -0.4 is 10.0 Å². The zero-order valence-corrected chi connectivity index (χ0v) is 14.9. The van der Waals surface area contributed by atoms with Gasteiger partial charge in [-0.25, -0.2) is 13.1 Å². The van der Waals surface area contributed by atoms with Crippen molar-refractivity contribution in [3.63, 3.8) is 0 Å². The van der Waals surface area contributed by atoms with Crippen molar-refractivity contribution in [2.75, 3.05) is 32.4 Å². The summed E-state index contributed by atoms with van der Waals surface area (Å²) in [6.07, 6.45) is 3.52. The van der Waals surface area contributed by atoms with Crippen molar-refractivity contribution in [1.29, 1.82) is 0 Å². The van der Waals surface area contributed by atoms with Gasteiger partial charge in [-0.3, -0.25) is 4.79 Å². The lowest BCUT2D eigenvalue weighted by atomic mass is 9.79. The molecule has 0 radical (unpaired) electrons. The van der Waals surface area contributed by atoms with Gasteiger partial charge >= 0.3 is 0 Å². The van der Waals surface area contributed by atoms with E-state index in [0.717, 1.165) is 12.8 Å². The van der Waals surface area contributed by atoms with E-state index < -0.39 is 21.5 Å². The van der Waals surface area contributed by atoms with Gasteiger partial charge in [-0.2, -0.15) is 0 Å². The zero-order valence-electron chi connectivity index (χ0n) is 14.1. The van der Waals surface area contributed by atoms with Crippen molar-refractivity contribution in [2.24, 2.45) is 17.3 Å². The van der Waals surface area contributed by atoms with Crippen molar-refractivity contribution in [3.05, 3.63) is 0 Å². The lowest BCUT2D eigenvalue weighted by molar-refractivity contribution is -0.125. The molecule has 0 aromatic carbocycles. The molecule has 128 valence electrons. The summed E-state index contributed by atoms with van der Waals surface area (Å²) in [7, 11) is -3.42. The molecule has 3 aliphatic heterocycles. The van der Waals surface area contributed by atoms with Crippen LogP contribution in [0, 0.1) is 17.3 Å². The molecule has 3 aliphatic rings. The normalized spacial score (nSPS) is 30.1. The third-order valence-corrected chi connectivity index (χ3v) is 5.45. The number of piperidine rings is 3. The fourth-order valence-corrected chi connectivity index (χ4v) is 4.38. The van der Waals surface area contributed by atoms with Gasteiger partial charge in [-0.15, -0.1) is 0 Å². The van der Waals surface area contributed by atoms with E-state index in [1.54, 1.807) is 0 Å². The summed E-state index contributed by atoms with van der Waals surface area (Å²) >= 11 is 0. The molecule has 2 bridgehead atoms. The summed E-state index contributed by atoms with van der Waals surface area (Å²) in [4.78, 5) is 14.9. The predicted octanol–water partition coefficient (Wildman–Crippen LogP) is 0.408. The molecule has 3 rings (SSSR count). The second-order valence-electron chi connectivity index (χ2n) is 7.83. The maximum atomic E-state index is 12.5. The van der Waals surface area contributed by atoms with Crippen LogP contribution >= 0.6 is 0 Å². The van der Waals surface area contributed by atoms with Crippen LogP contribution in [-0.2, 0) is 14.8 Å². The lowest BCUT2D eigenvalue weighted by Crippen LogP contribution is -2.56. The zero-order chi connectivity index (χ0) is 16.5. The molecule has 0 aromatic heterocycles. The molecule has 3 saturated heterocycles. The number of rotatable bonds is 5. The summed E-state index contributed by atoms with van der Waals surface area (Å²) in [6, 6.07) is -0.747. The van der Waals surface area contributed by atoms with Crippen LogP contribution in [0.25, 0.3) is 0 Å². The average molecular weight is 331 g/mol. The molecule has 0 aliphatic carbocycles. The fraction of sp³-hybridized carbons (Fsp3) is 0.933. The predicted molar refractivity (Wildman–Crippen MR) is 86.9 cm³/mol. The number of hydrogen-bond donors (Lipinski definition) is 2. The van der Waals surface area contributed by atoms with E-state index in [1.807, 2.05) is 20.8 Å². The number of nitrogens with one attached hydrogen (secondary N) is 2. The van der Waals surface area contributed by atoms with E-state index in [9.17, 15) is 13.2 Å². The Balaban J connectivity index is 1.94. The molecular formula is C15H29N3O3S. The van der Waals surface area contributed by atoms with Crippen LogP contribution in [0.15, 0.2) is 0 Å². The Kier molecular flexibility index (Phi) is 5.19. The van der Waals surface area contributed by atoms with Crippen molar-refractivity contribution in [1.82, 2.24) is 14.9 Å². The number of sulfonamides is 1. The maximum absolute atomic E-state index is 12.5. The monoisotopic (exact) mass is 331 g/mol. The second kappa shape index (κ2) is 6.45. The first-order chi connectivity index (χ1) is 10.1. The van der Waals surface area contributed by atoms with E-state index in [4.69, 9.17) is 0 Å². The van der Waals surface area contributed by atoms with Crippen molar-refractivity contribution >= 4 is 15.9 Å². The molecule has 6 nitrogen and oxygen atoms in total. The van der Waals surface area contributed by atoms with Gasteiger partial charge in [0.2, 0.25) is 15.9 Å². The third-order valence-electron chi connectivity index (χ3n) is 4.79. The van der Waals surface area contributed by atoms with Crippen LogP contribution in [-0.4, -0.2) is 57.7 Å². The standard InChI is InChI=1S/C15H29N3O3S/c1-15(2,3)13(17-22(4,20)21)14(19)16-9-12-10-18-7-5-11(12)6-8-18/h11-13,17H,5-10H2,1-4H3,(H,16,19). The summed E-state index contributed by atoms with van der Waals surface area (Å²) in [5, 5.41) is 2.97. The van der Waals surface area contributed by atoms with Gasteiger partial charge in [0, 0.05) is 13.1 Å². The quantitative estimate of drug-likeness (QED) is 0.765. The molecule has 2 N–H and O–H groups in total. The van der Waals surface area contributed by atoms with Gasteiger partial charge in [0.05, 0.1) is 6.26 Å². The van der Waals surface area contributed by atoms with E-state index in [1.165, 1.54) is 25.9 Å². The third kappa shape index (κ3) is 4.67. The number of nitrogens with zero attached hydrogens (tertiary/aromatic N) is 1. The minimum atomic E-state index is -3.42. The molecule has 2 unspecified atom stereocenters. The number of carbonyl (C=O) groups excluding carboxylic acids is 1. The number of amides is 1. The van der Waals surface area contributed by atoms with E-state index in [2.05, 4.69) is 14.9 Å². The van der Waals surface area contributed by atoms with E-state index in [0.29, 0.717) is 18.4 Å².